The summed E-state index contributed by atoms with van der Waals surface area (Å²) in [6, 6.07) is 29.2. The molecule has 4 rings (SSSR count). The number of thioether (sulfide) groups is 1. The molecule has 0 aliphatic rings. The first-order chi connectivity index (χ1) is 24.3. The van der Waals surface area contributed by atoms with Gasteiger partial charge in [-0.15, -0.1) is 11.8 Å². The summed E-state index contributed by atoms with van der Waals surface area (Å²) in [7, 11) is 0. The van der Waals surface area contributed by atoms with Crippen LogP contribution in [0.15, 0.2) is 120 Å². The van der Waals surface area contributed by atoms with Crippen molar-refractivity contribution < 1.29 is 34.0 Å². The second-order valence-corrected chi connectivity index (χ2v) is 12.0. The molecule has 0 spiro atoms. The van der Waals surface area contributed by atoms with Crippen LogP contribution in [0.3, 0.4) is 0 Å². The molecule has 254 valence electrons. The van der Waals surface area contributed by atoms with Gasteiger partial charge in [0.2, 0.25) is 0 Å². The quantitative estimate of drug-likeness (QED) is 0.0964. The fraction of sp³-hybridized carbons (Fsp3) is 0.190. The Bertz CT molecular complexity index is 1900. The molecular weight excluding hydrogens is 649 g/mol. The third kappa shape index (κ3) is 12.7. The van der Waals surface area contributed by atoms with E-state index in [-0.39, 0.29) is 6.61 Å². The van der Waals surface area contributed by atoms with Gasteiger partial charge in [0.15, 0.2) is 12.7 Å². The lowest BCUT2D eigenvalue weighted by molar-refractivity contribution is -0.150. The highest BCUT2D eigenvalue weighted by molar-refractivity contribution is 7.99. The SMILES string of the molecule is CCOC(Cc1ccc(OCC=CC#Cc2ccc(-c3ccc(C#CC=CCSc4ccc(OCC(=O)O)c(C)c4)cc3)cc2)cc1)C(=O)O. The second kappa shape index (κ2) is 20.0. The molecule has 0 radical (unpaired) electrons. The Morgan fingerprint density at radius 1 is 0.800 bits per heavy atom. The van der Waals surface area contributed by atoms with Crippen LogP contribution in [0.1, 0.15) is 29.2 Å². The lowest BCUT2D eigenvalue weighted by Crippen LogP contribution is -2.26. The van der Waals surface area contributed by atoms with E-state index >= 15 is 0 Å². The van der Waals surface area contributed by atoms with Crippen molar-refractivity contribution in [2.24, 2.45) is 0 Å². The van der Waals surface area contributed by atoms with Crippen LogP contribution in [-0.4, -0.2) is 53.8 Å². The number of carboxylic acid groups (broad SMARTS) is 2. The van der Waals surface area contributed by atoms with E-state index in [9.17, 15) is 14.7 Å². The number of aliphatic carboxylic acids is 2. The van der Waals surface area contributed by atoms with Gasteiger partial charge < -0.3 is 24.4 Å². The second-order valence-electron chi connectivity index (χ2n) is 10.9. The zero-order valence-electron chi connectivity index (χ0n) is 27.9. The van der Waals surface area contributed by atoms with Gasteiger partial charge in [-0.2, -0.15) is 0 Å². The van der Waals surface area contributed by atoms with Crippen molar-refractivity contribution in [2.75, 3.05) is 25.6 Å². The average molecular weight is 687 g/mol. The van der Waals surface area contributed by atoms with Crippen LogP contribution in [0.4, 0.5) is 0 Å². The van der Waals surface area contributed by atoms with Crippen molar-refractivity contribution >= 4 is 23.7 Å². The van der Waals surface area contributed by atoms with Gasteiger partial charge >= 0.3 is 11.9 Å². The highest BCUT2D eigenvalue weighted by atomic mass is 32.2. The van der Waals surface area contributed by atoms with Crippen LogP contribution in [0, 0.1) is 30.6 Å². The molecule has 0 saturated heterocycles. The first-order valence-corrected chi connectivity index (χ1v) is 17.0. The van der Waals surface area contributed by atoms with E-state index in [0.29, 0.717) is 31.1 Å². The first-order valence-electron chi connectivity index (χ1n) is 16.0. The standard InChI is InChI=1S/C42H38O7S/c1-3-47-40(42(45)46)29-34-16-22-37(23-17-34)48-26-8-4-6-10-32-12-18-35(19-13-32)36-20-14-33(15-21-36)11-7-5-9-27-50-38-24-25-39(31(2)28-38)49-30-41(43)44/h4-5,8-9,12-25,28,40H,3,26-27,29-30H2,1-2H3,(H,43,44)(H,45,46). The summed E-state index contributed by atoms with van der Waals surface area (Å²) in [6.07, 6.45) is 6.92. The molecule has 0 aliphatic heterocycles. The number of carboxylic acids is 2. The minimum Gasteiger partial charge on any atom is -0.490 e. The Balaban J connectivity index is 1.18. The van der Waals surface area contributed by atoms with Crippen LogP contribution < -0.4 is 9.47 Å². The molecule has 1 unspecified atom stereocenters. The van der Waals surface area contributed by atoms with E-state index in [4.69, 9.17) is 19.3 Å². The van der Waals surface area contributed by atoms with Crippen molar-refractivity contribution in [1.29, 1.82) is 0 Å². The maximum Gasteiger partial charge on any atom is 0.341 e. The van der Waals surface area contributed by atoms with E-state index < -0.39 is 18.0 Å². The summed E-state index contributed by atoms with van der Waals surface area (Å²) in [5.74, 6) is 12.5. The van der Waals surface area contributed by atoms with Crippen LogP contribution in [0.5, 0.6) is 11.5 Å². The van der Waals surface area contributed by atoms with Gasteiger partial charge in [0.25, 0.3) is 0 Å². The molecule has 0 aliphatic carbocycles. The number of aryl methyl sites for hydroxylation is 1. The summed E-state index contributed by atoms with van der Waals surface area (Å²) >= 11 is 1.67. The van der Waals surface area contributed by atoms with Crippen LogP contribution in [-0.2, 0) is 20.7 Å². The number of carbonyl (C=O) groups is 2. The lowest BCUT2D eigenvalue weighted by Gasteiger charge is -2.12. The van der Waals surface area contributed by atoms with Gasteiger partial charge in [-0.3, -0.25) is 0 Å². The fourth-order valence-corrected chi connectivity index (χ4v) is 5.42. The maximum atomic E-state index is 11.3. The smallest absolute Gasteiger partial charge is 0.341 e. The summed E-state index contributed by atoms with van der Waals surface area (Å²) in [5.41, 5.74) is 5.79. The minimum absolute atomic E-state index is 0.303. The molecule has 0 aromatic heterocycles. The van der Waals surface area contributed by atoms with Crippen LogP contribution in [0.25, 0.3) is 11.1 Å². The molecule has 0 amide bonds. The Morgan fingerprint density at radius 2 is 1.42 bits per heavy atom. The van der Waals surface area contributed by atoms with E-state index in [0.717, 1.165) is 44.0 Å². The topological polar surface area (TPSA) is 102 Å². The zero-order valence-corrected chi connectivity index (χ0v) is 28.7. The highest BCUT2D eigenvalue weighted by Crippen LogP contribution is 2.26. The average Bonchev–Trinajstić information content (AvgIpc) is 3.11. The third-order valence-electron chi connectivity index (χ3n) is 7.12. The van der Waals surface area contributed by atoms with E-state index in [2.05, 4.69) is 35.8 Å². The summed E-state index contributed by atoms with van der Waals surface area (Å²) in [6.45, 7) is 4.04. The Labute approximate surface area is 297 Å². The van der Waals surface area contributed by atoms with Crippen molar-refractivity contribution in [3.05, 3.63) is 138 Å². The predicted octanol–water partition coefficient (Wildman–Crippen LogP) is 7.84. The largest absolute Gasteiger partial charge is 0.490 e. The van der Waals surface area contributed by atoms with Gasteiger partial charge in [-0.05, 0) is 109 Å². The predicted molar refractivity (Wildman–Crippen MR) is 198 cm³/mol. The highest BCUT2D eigenvalue weighted by Gasteiger charge is 2.17. The Kier molecular flexibility index (Phi) is 14.8. The molecule has 0 saturated carbocycles. The summed E-state index contributed by atoms with van der Waals surface area (Å²) in [5, 5.41) is 18.0. The molecule has 4 aromatic carbocycles. The molecule has 1 atom stereocenters. The van der Waals surface area contributed by atoms with Gasteiger partial charge in [0.05, 0.1) is 0 Å². The summed E-state index contributed by atoms with van der Waals surface area (Å²) in [4.78, 5) is 23.1. The van der Waals surface area contributed by atoms with Crippen molar-refractivity contribution in [2.45, 2.75) is 31.3 Å². The lowest BCUT2D eigenvalue weighted by atomic mass is 10.0. The van der Waals surface area contributed by atoms with Crippen LogP contribution in [0.2, 0.25) is 0 Å². The van der Waals surface area contributed by atoms with Gasteiger partial charge in [-0.1, -0.05) is 66.2 Å². The first kappa shape index (κ1) is 37.2. The molecule has 8 heteroatoms. The van der Waals surface area contributed by atoms with Gasteiger partial charge in [0, 0.05) is 34.8 Å². The monoisotopic (exact) mass is 686 g/mol. The molecular formula is C42H38O7S. The van der Waals surface area contributed by atoms with Crippen molar-refractivity contribution in [1.82, 2.24) is 0 Å². The number of hydrogen-bond acceptors (Lipinski definition) is 6. The normalized spacial score (nSPS) is 11.3. The third-order valence-corrected chi connectivity index (χ3v) is 8.06. The van der Waals surface area contributed by atoms with Crippen LogP contribution >= 0.6 is 11.8 Å². The zero-order chi connectivity index (χ0) is 35.6. The van der Waals surface area contributed by atoms with E-state index in [1.54, 1.807) is 30.8 Å². The molecule has 2 N–H and O–H groups in total. The summed E-state index contributed by atoms with van der Waals surface area (Å²) < 4.78 is 16.3. The molecule has 0 heterocycles. The van der Waals surface area contributed by atoms with Gasteiger partial charge in [0.1, 0.15) is 18.1 Å². The Hall–Kier alpha value is -5.67. The number of allylic oxidation sites excluding steroid dienone is 2. The van der Waals surface area contributed by atoms with Crippen molar-refractivity contribution in [3.8, 4) is 46.3 Å². The molecule has 0 bridgehead atoms. The maximum absolute atomic E-state index is 11.3. The number of ether oxygens (including phenoxy) is 3. The molecule has 0 fully saturated rings. The molecule has 7 nitrogen and oxygen atoms in total. The van der Waals surface area contributed by atoms with Gasteiger partial charge in [-0.25, -0.2) is 9.59 Å². The molecule has 4 aromatic rings. The number of benzene rings is 4. The minimum atomic E-state index is -0.997. The number of hydrogen-bond donors (Lipinski definition) is 2. The van der Waals surface area contributed by atoms with E-state index in [1.165, 1.54) is 0 Å². The number of rotatable bonds is 15. The fourth-order valence-electron chi connectivity index (χ4n) is 4.61. The molecule has 50 heavy (non-hydrogen) atoms. The van der Waals surface area contributed by atoms with E-state index in [1.807, 2.05) is 97.9 Å². The van der Waals surface area contributed by atoms with Crippen molar-refractivity contribution in [3.63, 3.8) is 0 Å². The Morgan fingerprint density at radius 3 is 1.98 bits per heavy atom.